The van der Waals surface area contributed by atoms with Crippen LogP contribution in [0.25, 0.3) is 0 Å². The van der Waals surface area contributed by atoms with Gasteiger partial charge in [-0.05, 0) is 36.3 Å². The minimum atomic E-state index is -3.18. The Bertz CT molecular complexity index is 553. The third-order valence-electron chi connectivity index (χ3n) is 3.61. The third kappa shape index (κ3) is 4.21. The van der Waals surface area contributed by atoms with Crippen molar-refractivity contribution in [3.05, 3.63) is 29.3 Å². The standard InChI is InChI=1S/C15H24N2O2S/c1-12(2)8-10-20(18,19)17-11-14-6-3-5-13-7-4-9-16-15(13)14/h3,5-6,12,16-17H,4,7-11H2,1-2H3. The number of nitrogens with one attached hydrogen (secondary N) is 2. The van der Waals surface area contributed by atoms with Gasteiger partial charge >= 0.3 is 0 Å². The van der Waals surface area contributed by atoms with Crippen LogP contribution in [0.15, 0.2) is 18.2 Å². The average molecular weight is 296 g/mol. The molecule has 1 heterocycles. The molecule has 0 unspecified atom stereocenters. The Labute approximate surface area is 122 Å². The topological polar surface area (TPSA) is 58.2 Å². The molecule has 20 heavy (non-hydrogen) atoms. The summed E-state index contributed by atoms with van der Waals surface area (Å²) in [6.45, 7) is 5.40. The zero-order valence-electron chi connectivity index (χ0n) is 12.3. The lowest BCUT2D eigenvalue weighted by atomic mass is 9.99. The lowest BCUT2D eigenvalue weighted by Gasteiger charge is -2.21. The summed E-state index contributed by atoms with van der Waals surface area (Å²) >= 11 is 0. The first-order chi connectivity index (χ1) is 9.48. The van der Waals surface area contributed by atoms with Crippen LogP contribution in [0.3, 0.4) is 0 Å². The molecule has 2 N–H and O–H groups in total. The Morgan fingerprint density at radius 1 is 1.35 bits per heavy atom. The highest BCUT2D eigenvalue weighted by Gasteiger charge is 2.15. The van der Waals surface area contributed by atoms with E-state index in [4.69, 9.17) is 0 Å². The summed E-state index contributed by atoms with van der Waals surface area (Å²) in [6, 6.07) is 6.10. The van der Waals surface area contributed by atoms with Gasteiger partial charge in [0.25, 0.3) is 0 Å². The molecule has 1 aliphatic heterocycles. The van der Waals surface area contributed by atoms with Gasteiger partial charge in [0.15, 0.2) is 0 Å². The van der Waals surface area contributed by atoms with Crippen molar-refractivity contribution in [1.29, 1.82) is 0 Å². The van der Waals surface area contributed by atoms with E-state index in [0.717, 1.165) is 30.6 Å². The summed E-state index contributed by atoms with van der Waals surface area (Å²) in [7, 11) is -3.18. The number of benzene rings is 1. The van der Waals surface area contributed by atoms with E-state index < -0.39 is 10.0 Å². The maximum absolute atomic E-state index is 11.9. The van der Waals surface area contributed by atoms with Crippen LogP contribution in [-0.2, 0) is 23.0 Å². The van der Waals surface area contributed by atoms with Crippen molar-refractivity contribution in [3.8, 4) is 0 Å². The first-order valence-electron chi connectivity index (χ1n) is 7.30. The van der Waals surface area contributed by atoms with Crippen LogP contribution in [0.4, 0.5) is 5.69 Å². The Morgan fingerprint density at radius 3 is 2.90 bits per heavy atom. The number of rotatable bonds is 6. The number of hydrogen-bond acceptors (Lipinski definition) is 3. The van der Waals surface area contributed by atoms with Gasteiger partial charge in [-0.3, -0.25) is 0 Å². The minimum Gasteiger partial charge on any atom is -0.385 e. The van der Waals surface area contributed by atoms with Crippen LogP contribution in [0.2, 0.25) is 0 Å². The van der Waals surface area contributed by atoms with Gasteiger partial charge in [-0.2, -0.15) is 0 Å². The summed E-state index contributed by atoms with van der Waals surface area (Å²) in [6.07, 6.45) is 2.90. The van der Waals surface area contributed by atoms with Gasteiger partial charge < -0.3 is 5.32 Å². The maximum atomic E-state index is 11.9. The van der Waals surface area contributed by atoms with Gasteiger partial charge in [0, 0.05) is 18.8 Å². The van der Waals surface area contributed by atoms with E-state index in [1.54, 1.807) is 0 Å². The Hall–Kier alpha value is -1.07. The second kappa shape index (κ2) is 6.59. The number of fused-ring (bicyclic) bond motifs is 1. The van der Waals surface area contributed by atoms with Crippen molar-refractivity contribution in [2.45, 2.75) is 39.7 Å². The van der Waals surface area contributed by atoms with Crippen LogP contribution in [0.5, 0.6) is 0 Å². The second-order valence-corrected chi connectivity index (χ2v) is 7.73. The number of hydrogen-bond donors (Lipinski definition) is 2. The average Bonchev–Trinajstić information content (AvgIpc) is 2.43. The normalized spacial score (nSPS) is 14.9. The van der Waals surface area contributed by atoms with E-state index >= 15 is 0 Å². The Kier molecular flexibility index (Phi) is 5.05. The van der Waals surface area contributed by atoms with Crippen molar-refractivity contribution in [1.82, 2.24) is 4.72 Å². The van der Waals surface area contributed by atoms with Crippen molar-refractivity contribution in [2.75, 3.05) is 17.6 Å². The van der Waals surface area contributed by atoms with Gasteiger partial charge in [0.05, 0.1) is 5.75 Å². The highest BCUT2D eigenvalue weighted by atomic mass is 32.2. The molecule has 2 rings (SSSR count). The molecule has 5 heteroatoms. The first kappa shape index (κ1) is 15.3. The van der Waals surface area contributed by atoms with Gasteiger partial charge in [0.1, 0.15) is 0 Å². The van der Waals surface area contributed by atoms with Crippen molar-refractivity contribution < 1.29 is 8.42 Å². The Balaban J connectivity index is 2.00. The molecule has 0 radical (unpaired) electrons. The molecule has 0 aromatic heterocycles. The fraction of sp³-hybridized carbons (Fsp3) is 0.600. The molecule has 0 bridgehead atoms. The molecule has 4 nitrogen and oxygen atoms in total. The highest BCUT2D eigenvalue weighted by molar-refractivity contribution is 7.89. The third-order valence-corrected chi connectivity index (χ3v) is 4.97. The van der Waals surface area contributed by atoms with Crippen LogP contribution >= 0.6 is 0 Å². The monoisotopic (exact) mass is 296 g/mol. The predicted molar refractivity (Wildman–Crippen MR) is 83.3 cm³/mol. The molecule has 0 aliphatic carbocycles. The molecule has 1 aromatic rings. The zero-order chi connectivity index (χ0) is 14.6. The van der Waals surface area contributed by atoms with Gasteiger partial charge in [0.2, 0.25) is 10.0 Å². The highest BCUT2D eigenvalue weighted by Crippen LogP contribution is 2.26. The molecular formula is C15H24N2O2S. The van der Waals surface area contributed by atoms with Crippen molar-refractivity contribution in [3.63, 3.8) is 0 Å². The summed E-state index contributed by atoms with van der Waals surface area (Å²) in [4.78, 5) is 0. The van der Waals surface area contributed by atoms with Crippen LogP contribution in [0.1, 0.15) is 37.8 Å². The van der Waals surface area contributed by atoms with E-state index in [2.05, 4.69) is 16.1 Å². The van der Waals surface area contributed by atoms with E-state index in [1.165, 1.54) is 5.56 Å². The lowest BCUT2D eigenvalue weighted by molar-refractivity contribution is 0.561. The van der Waals surface area contributed by atoms with E-state index in [-0.39, 0.29) is 5.75 Å². The predicted octanol–water partition coefficient (Wildman–Crippen LogP) is 2.51. The number of para-hydroxylation sites is 1. The van der Waals surface area contributed by atoms with Gasteiger partial charge in [-0.25, -0.2) is 13.1 Å². The van der Waals surface area contributed by atoms with Crippen molar-refractivity contribution >= 4 is 15.7 Å². The fourth-order valence-electron chi connectivity index (χ4n) is 2.38. The van der Waals surface area contributed by atoms with E-state index in [1.807, 2.05) is 26.0 Å². The smallest absolute Gasteiger partial charge is 0.211 e. The summed E-state index contributed by atoms with van der Waals surface area (Å²) in [5, 5.41) is 3.38. The molecule has 0 saturated heterocycles. The van der Waals surface area contributed by atoms with Gasteiger partial charge in [-0.15, -0.1) is 0 Å². The lowest BCUT2D eigenvalue weighted by Crippen LogP contribution is -2.27. The number of aryl methyl sites for hydroxylation is 1. The first-order valence-corrected chi connectivity index (χ1v) is 8.95. The van der Waals surface area contributed by atoms with E-state index in [0.29, 0.717) is 18.9 Å². The molecule has 0 atom stereocenters. The van der Waals surface area contributed by atoms with Gasteiger partial charge in [-0.1, -0.05) is 32.0 Å². The zero-order valence-corrected chi connectivity index (χ0v) is 13.1. The number of sulfonamides is 1. The number of anilines is 1. The largest absolute Gasteiger partial charge is 0.385 e. The van der Waals surface area contributed by atoms with Crippen molar-refractivity contribution in [2.24, 2.45) is 5.92 Å². The second-order valence-electron chi connectivity index (χ2n) is 5.80. The molecule has 1 aromatic carbocycles. The molecule has 1 aliphatic rings. The Morgan fingerprint density at radius 2 is 2.15 bits per heavy atom. The summed E-state index contributed by atoms with van der Waals surface area (Å²) in [5.41, 5.74) is 3.44. The van der Waals surface area contributed by atoms with Crippen LogP contribution in [-0.4, -0.2) is 20.7 Å². The SMILES string of the molecule is CC(C)CCS(=O)(=O)NCc1cccc2c1NCCC2. The van der Waals surface area contributed by atoms with Crippen LogP contribution < -0.4 is 10.0 Å². The molecule has 0 fully saturated rings. The molecule has 0 saturated carbocycles. The summed E-state index contributed by atoms with van der Waals surface area (Å²) in [5.74, 6) is 0.602. The summed E-state index contributed by atoms with van der Waals surface area (Å²) < 4.78 is 26.6. The maximum Gasteiger partial charge on any atom is 0.211 e. The van der Waals surface area contributed by atoms with Crippen LogP contribution in [0, 0.1) is 5.92 Å². The molecular weight excluding hydrogens is 272 g/mol. The quantitative estimate of drug-likeness (QED) is 0.848. The fourth-order valence-corrected chi connectivity index (χ4v) is 3.68. The molecule has 112 valence electrons. The molecule has 0 amide bonds. The minimum absolute atomic E-state index is 0.202. The van der Waals surface area contributed by atoms with E-state index in [9.17, 15) is 8.42 Å². The molecule has 0 spiro atoms.